The average Bonchev–Trinajstić information content (AvgIpc) is 3.41. The number of hydrogen-bond donors (Lipinski definition) is 3. The Hall–Kier alpha value is -3.33. The number of imidazole rings is 1. The highest BCUT2D eigenvalue weighted by Gasteiger charge is 2.19. The minimum absolute atomic E-state index is 0.00923. The van der Waals surface area contributed by atoms with Crippen LogP contribution in [0.25, 0.3) is 11.0 Å². The number of hydrogen-bond acceptors (Lipinski definition) is 4. The van der Waals surface area contributed by atoms with Crippen molar-refractivity contribution in [1.29, 1.82) is 0 Å². The Morgan fingerprint density at radius 1 is 1.20 bits per heavy atom. The van der Waals surface area contributed by atoms with Crippen molar-refractivity contribution in [3.63, 3.8) is 0 Å². The third-order valence-corrected chi connectivity index (χ3v) is 4.90. The Labute approximate surface area is 170 Å². The second kappa shape index (κ2) is 8.58. The van der Waals surface area contributed by atoms with Gasteiger partial charge in [-0.1, -0.05) is 12.1 Å². The van der Waals surface area contributed by atoms with Crippen molar-refractivity contribution in [1.82, 2.24) is 15.3 Å². The molecule has 0 saturated carbocycles. The highest BCUT2D eigenvalue weighted by Crippen LogP contribution is 2.22. The van der Waals surface area contributed by atoms with Crippen LogP contribution >= 0.6 is 0 Å². The van der Waals surface area contributed by atoms with Crippen molar-refractivity contribution in [2.45, 2.75) is 25.4 Å². The topological polar surface area (TPSA) is 96.1 Å². The van der Waals surface area contributed by atoms with Crippen molar-refractivity contribution in [2.24, 2.45) is 0 Å². The molecule has 1 aliphatic heterocycles. The van der Waals surface area contributed by atoms with Crippen LogP contribution in [0, 0.1) is 0 Å². The molecule has 1 fully saturated rings. The molecule has 1 aromatic heterocycles. The number of para-hydroxylation sites is 1. The zero-order chi connectivity index (χ0) is 21.1. The van der Waals surface area contributed by atoms with Gasteiger partial charge in [0.15, 0.2) is 5.82 Å². The number of ether oxygens (including phenoxy) is 1. The van der Waals surface area contributed by atoms with Crippen LogP contribution in [-0.4, -0.2) is 41.0 Å². The number of amides is 2. The van der Waals surface area contributed by atoms with Gasteiger partial charge in [0, 0.05) is 18.7 Å². The van der Waals surface area contributed by atoms with Crippen LogP contribution in [0.15, 0.2) is 42.5 Å². The summed E-state index contributed by atoms with van der Waals surface area (Å²) in [6.45, 7) is 1.11. The normalized spacial score (nSPS) is 16.2. The summed E-state index contributed by atoms with van der Waals surface area (Å²) < 4.78 is 31.1. The quantitative estimate of drug-likeness (QED) is 0.574. The number of benzene rings is 2. The van der Waals surface area contributed by atoms with Gasteiger partial charge in [0.1, 0.15) is 0 Å². The van der Waals surface area contributed by atoms with E-state index in [1.165, 1.54) is 18.2 Å². The second-order valence-corrected chi connectivity index (χ2v) is 7.00. The lowest BCUT2D eigenvalue weighted by molar-refractivity contribution is 0.0858. The van der Waals surface area contributed by atoms with Crippen molar-refractivity contribution in [3.05, 3.63) is 59.4 Å². The van der Waals surface area contributed by atoms with Crippen LogP contribution in [0.2, 0.25) is 0 Å². The molecule has 1 atom stereocenters. The van der Waals surface area contributed by atoms with Crippen molar-refractivity contribution < 1.29 is 23.1 Å². The number of aromatic amines is 1. The van der Waals surface area contributed by atoms with Crippen molar-refractivity contribution in [2.75, 3.05) is 18.5 Å². The predicted molar refractivity (Wildman–Crippen MR) is 107 cm³/mol. The summed E-state index contributed by atoms with van der Waals surface area (Å²) >= 11 is 0. The lowest BCUT2D eigenvalue weighted by Gasteiger charge is -2.14. The third-order valence-electron chi connectivity index (χ3n) is 4.90. The molecule has 1 unspecified atom stereocenters. The van der Waals surface area contributed by atoms with Gasteiger partial charge in [0.25, 0.3) is 18.2 Å². The zero-order valence-electron chi connectivity index (χ0n) is 16.0. The molecule has 156 valence electrons. The van der Waals surface area contributed by atoms with Gasteiger partial charge < -0.3 is 20.4 Å². The zero-order valence-corrected chi connectivity index (χ0v) is 16.0. The molecule has 7 nitrogen and oxygen atoms in total. The number of nitrogens with zero attached hydrogens (tertiary/aromatic N) is 1. The second-order valence-electron chi connectivity index (χ2n) is 7.00. The maximum atomic E-state index is 12.8. The summed E-state index contributed by atoms with van der Waals surface area (Å²) in [4.78, 5) is 31.6. The Morgan fingerprint density at radius 3 is 2.80 bits per heavy atom. The summed E-state index contributed by atoms with van der Waals surface area (Å²) in [6, 6.07) is 11.1. The monoisotopic (exact) mass is 414 g/mol. The minimum Gasteiger partial charge on any atom is -0.376 e. The highest BCUT2D eigenvalue weighted by molar-refractivity contribution is 6.09. The van der Waals surface area contributed by atoms with E-state index in [9.17, 15) is 18.4 Å². The van der Waals surface area contributed by atoms with E-state index in [2.05, 4.69) is 20.6 Å². The number of aromatic nitrogens is 2. The molecule has 4 rings (SSSR count). The molecule has 9 heteroatoms. The first-order chi connectivity index (χ1) is 14.5. The number of anilines is 1. The van der Waals surface area contributed by atoms with Gasteiger partial charge in [-0.05, 0) is 43.2 Å². The van der Waals surface area contributed by atoms with E-state index >= 15 is 0 Å². The highest BCUT2D eigenvalue weighted by atomic mass is 19.3. The molecule has 0 spiro atoms. The summed E-state index contributed by atoms with van der Waals surface area (Å²) in [5.74, 6) is -1.23. The fourth-order valence-corrected chi connectivity index (χ4v) is 3.37. The van der Waals surface area contributed by atoms with E-state index in [-0.39, 0.29) is 17.6 Å². The maximum absolute atomic E-state index is 12.8. The van der Waals surface area contributed by atoms with E-state index in [0.29, 0.717) is 35.4 Å². The number of nitrogens with one attached hydrogen (secondary N) is 3. The third kappa shape index (κ3) is 4.30. The molecular weight excluding hydrogens is 394 g/mol. The molecule has 30 heavy (non-hydrogen) atoms. The molecule has 1 saturated heterocycles. The standard InChI is InChI=1S/C21H20F2N4O3/c22-18(23)19-25-16-8-7-12(10-17(16)26-19)20(28)27-15-6-2-1-5-14(15)21(29)24-11-13-4-3-9-30-13/h1-2,5-8,10,13,18H,3-4,9,11H2,(H,24,29)(H,25,26)(H,27,28). The number of rotatable bonds is 6. The largest absolute Gasteiger partial charge is 0.376 e. The number of fused-ring (bicyclic) bond motifs is 1. The van der Waals surface area contributed by atoms with Crippen LogP contribution in [0.1, 0.15) is 45.8 Å². The molecule has 2 heterocycles. The fourth-order valence-electron chi connectivity index (χ4n) is 3.37. The average molecular weight is 414 g/mol. The summed E-state index contributed by atoms with van der Waals surface area (Å²) in [5, 5.41) is 5.55. The van der Waals surface area contributed by atoms with Crippen LogP contribution in [0.3, 0.4) is 0 Å². The molecule has 0 radical (unpaired) electrons. The Morgan fingerprint density at radius 2 is 2.03 bits per heavy atom. The Bertz CT molecular complexity index is 1080. The van der Waals surface area contributed by atoms with E-state index in [4.69, 9.17) is 4.74 Å². The van der Waals surface area contributed by atoms with E-state index in [1.54, 1.807) is 24.3 Å². The molecule has 2 amide bonds. The number of carbonyl (C=O) groups excluding carboxylic acids is 2. The predicted octanol–water partition coefficient (Wildman–Crippen LogP) is 3.66. The number of H-pyrrole nitrogens is 1. The summed E-state index contributed by atoms with van der Waals surface area (Å²) in [5.41, 5.74) is 1.61. The Kier molecular flexibility index (Phi) is 5.71. The molecule has 0 bridgehead atoms. The van der Waals surface area contributed by atoms with E-state index < -0.39 is 18.2 Å². The number of alkyl halides is 2. The van der Waals surface area contributed by atoms with Crippen LogP contribution < -0.4 is 10.6 Å². The van der Waals surface area contributed by atoms with Gasteiger partial charge >= 0.3 is 0 Å². The molecule has 3 aromatic rings. The summed E-state index contributed by atoms with van der Waals surface area (Å²) in [7, 11) is 0. The van der Waals surface area contributed by atoms with Crippen molar-refractivity contribution in [3.8, 4) is 0 Å². The molecular formula is C21H20F2N4O3. The van der Waals surface area contributed by atoms with Gasteiger partial charge in [-0.25, -0.2) is 13.8 Å². The summed E-state index contributed by atoms with van der Waals surface area (Å²) in [6.07, 6.45) is -0.834. The van der Waals surface area contributed by atoms with Crippen LogP contribution in [-0.2, 0) is 4.74 Å². The van der Waals surface area contributed by atoms with Gasteiger partial charge in [-0.15, -0.1) is 0 Å². The van der Waals surface area contributed by atoms with Gasteiger partial charge in [-0.2, -0.15) is 0 Å². The fraction of sp³-hybridized carbons (Fsp3) is 0.286. The van der Waals surface area contributed by atoms with Gasteiger partial charge in [-0.3, -0.25) is 9.59 Å². The SMILES string of the molecule is O=C(Nc1ccccc1C(=O)NCC1CCCO1)c1ccc2nc(C(F)F)[nH]c2c1. The van der Waals surface area contributed by atoms with Gasteiger partial charge in [0.2, 0.25) is 0 Å². The Balaban J connectivity index is 1.49. The number of halogens is 2. The van der Waals surface area contributed by atoms with Crippen LogP contribution in [0.4, 0.5) is 14.5 Å². The van der Waals surface area contributed by atoms with E-state index in [0.717, 1.165) is 12.8 Å². The molecule has 2 aromatic carbocycles. The lowest BCUT2D eigenvalue weighted by atomic mass is 10.1. The molecule has 1 aliphatic rings. The first-order valence-electron chi connectivity index (χ1n) is 9.59. The van der Waals surface area contributed by atoms with Crippen molar-refractivity contribution >= 4 is 28.5 Å². The first-order valence-corrected chi connectivity index (χ1v) is 9.59. The molecule has 3 N–H and O–H groups in total. The molecule has 0 aliphatic carbocycles. The minimum atomic E-state index is -2.73. The first kappa shape index (κ1) is 20.0. The van der Waals surface area contributed by atoms with Crippen LogP contribution in [0.5, 0.6) is 0 Å². The van der Waals surface area contributed by atoms with Gasteiger partial charge in [0.05, 0.1) is 28.4 Å². The number of carbonyl (C=O) groups is 2. The lowest BCUT2D eigenvalue weighted by Crippen LogP contribution is -2.32. The van der Waals surface area contributed by atoms with E-state index in [1.807, 2.05) is 0 Å². The smallest absolute Gasteiger partial charge is 0.295 e. The maximum Gasteiger partial charge on any atom is 0.295 e.